The zero-order valence-electron chi connectivity index (χ0n) is 17.3. The number of carbonyl (C=O) groups is 2. The van der Waals surface area contributed by atoms with Gasteiger partial charge in [0.05, 0.1) is 7.11 Å². The summed E-state index contributed by atoms with van der Waals surface area (Å²) in [5.41, 5.74) is 1.28. The Hall–Kier alpha value is -1.32. The number of hydrogen-bond donors (Lipinski definition) is 0. The lowest BCUT2D eigenvalue weighted by atomic mass is 9.44. The van der Waals surface area contributed by atoms with Gasteiger partial charge in [0.2, 0.25) is 0 Å². The molecule has 4 aliphatic rings. The molecule has 4 nitrogen and oxygen atoms in total. The number of methoxy groups -OCH3 is 1. The fraction of sp³-hybridized carbons (Fsp3) is 0.826. The van der Waals surface area contributed by atoms with E-state index in [1.54, 1.807) is 0 Å². The molecule has 0 aromatic heterocycles. The van der Waals surface area contributed by atoms with Crippen LogP contribution in [-0.2, 0) is 19.1 Å². The van der Waals surface area contributed by atoms with Gasteiger partial charge in [-0.2, -0.15) is 0 Å². The monoisotopic (exact) mass is 374 g/mol. The normalized spacial score (nSPS) is 45.8. The molecule has 0 radical (unpaired) electrons. The summed E-state index contributed by atoms with van der Waals surface area (Å²) in [6, 6.07) is 0. The molecule has 3 saturated carbocycles. The maximum Gasteiger partial charge on any atom is 0.333 e. The van der Waals surface area contributed by atoms with Gasteiger partial charge >= 0.3 is 11.9 Å². The van der Waals surface area contributed by atoms with Gasteiger partial charge in [0.15, 0.2) is 0 Å². The fourth-order valence-corrected chi connectivity index (χ4v) is 7.55. The average Bonchev–Trinajstić information content (AvgIpc) is 2.98. The molecule has 4 aliphatic carbocycles. The molecular formula is C23H34O4. The maximum atomic E-state index is 12.3. The van der Waals surface area contributed by atoms with Gasteiger partial charge in [-0.25, -0.2) is 4.79 Å². The Morgan fingerprint density at radius 1 is 1.07 bits per heavy atom. The van der Waals surface area contributed by atoms with E-state index in [1.165, 1.54) is 33.3 Å². The predicted molar refractivity (Wildman–Crippen MR) is 103 cm³/mol. The van der Waals surface area contributed by atoms with Gasteiger partial charge in [0.25, 0.3) is 0 Å². The van der Waals surface area contributed by atoms with Crippen LogP contribution in [0, 0.1) is 34.5 Å². The molecule has 0 bridgehead atoms. The molecule has 150 valence electrons. The molecule has 3 fully saturated rings. The summed E-state index contributed by atoms with van der Waals surface area (Å²) < 4.78 is 10.6. The molecule has 0 spiro atoms. The minimum atomic E-state index is -0.141. The van der Waals surface area contributed by atoms with Crippen LogP contribution >= 0.6 is 0 Å². The highest BCUT2D eigenvalue weighted by Gasteiger charge is 2.59. The lowest BCUT2D eigenvalue weighted by molar-refractivity contribution is -0.159. The van der Waals surface area contributed by atoms with E-state index in [4.69, 9.17) is 9.47 Å². The maximum absolute atomic E-state index is 12.3. The van der Waals surface area contributed by atoms with Crippen molar-refractivity contribution in [3.05, 3.63) is 11.6 Å². The highest BCUT2D eigenvalue weighted by atomic mass is 16.5. The molecule has 27 heavy (non-hydrogen) atoms. The molecule has 0 heterocycles. The van der Waals surface area contributed by atoms with Crippen molar-refractivity contribution in [1.29, 1.82) is 0 Å². The summed E-state index contributed by atoms with van der Waals surface area (Å²) in [6.07, 6.45) is 11.3. The van der Waals surface area contributed by atoms with Crippen LogP contribution in [0.2, 0.25) is 0 Å². The van der Waals surface area contributed by atoms with Gasteiger partial charge in [0, 0.05) is 17.9 Å². The van der Waals surface area contributed by atoms with Crippen molar-refractivity contribution in [3.63, 3.8) is 0 Å². The van der Waals surface area contributed by atoms with E-state index in [2.05, 4.69) is 19.9 Å². The molecule has 0 aromatic carbocycles. The second-order valence-corrected chi connectivity index (χ2v) is 9.96. The Morgan fingerprint density at radius 2 is 1.85 bits per heavy atom. The van der Waals surface area contributed by atoms with E-state index < -0.39 is 0 Å². The Bertz CT molecular complexity index is 667. The minimum Gasteiger partial charge on any atom is -0.466 e. The lowest BCUT2D eigenvalue weighted by Gasteiger charge is -2.60. The van der Waals surface area contributed by atoms with E-state index in [9.17, 15) is 9.59 Å². The molecule has 0 amide bonds. The predicted octanol–water partition coefficient (Wildman–Crippen LogP) is 4.67. The van der Waals surface area contributed by atoms with E-state index in [-0.39, 0.29) is 23.5 Å². The summed E-state index contributed by atoms with van der Waals surface area (Å²) in [5, 5.41) is 0. The molecule has 0 N–H and O–H groups in total. The second kappa shape index (κ2) is 6.63. The van der Waals surface area contributed by atoms with Crippen molar-refractivity contribution in [2.45, 2.75) is 78.2 Å². The highest BCUT2D eigenvalue weighted by molar-refractivity contribution is 5.90. The molecule has 4 heteroatoms. The van der Waals surface area contributed by atoms with Crippen molar-refractivity contribution < 1.29 is 19.1 Å². The van der Waals surface area contributed by atoms with Crippen LogP contribution in [0.4, 0.5) is 0 Å². The zero-order valence-corrected chi connectivity index (χ0v) is 17.3. The summed E-state index contributed by atoms with van der Waals surface area (Å²) in [5.74, 6) is 2.41. The van der Waals surface area contributed by atoms with Crippen LogP contribution in [0.25, 0.3) is 0 Å². The lowest BCUT2D eigenvalue weighted by Crippen LogP contribution is -2.54. The van der Waals surface area contributed by atoms with Gasteiger partial charge in [-0.3, -0.25) is 4.79 Å². The van der Waals surface area contributed by atoms with Crippen LogP contribution in [0.3, 0.4) is 0 Å². The number of ether oxygens (including phenoxy) is 2. The Kier molecular flexibility index (Phi) is 4.67. The van der Waals surface area contributed by atoms with E-state index >= 15 is 0 Å². The second-order valence-electron chi connectivity index (χ2n) is 9.96. The minimum absolute atomic E-state index is 0.00754. The van der Waals surface area contributed by atoms with Crippen molar-refractivity contribution >= 4 is 11.9 Å². The third-order valence-electron chi connectivity index (χ3n) is 8.94. The number of carbonyl (C=O) groups excluding carboxylic acids is 2. The topological polar surface area (TPSA) is 52.6 Å². The number of fused-ring (bicyclic) bond motifs is 5. The van der Waals surface area contributed by atoms with Crippen LogP contribution in [0.5, 0.6) is 0 Å². The van der Waals surface area contributed by atoms with Crippen molar-refractivity contribution in [3.8, 4) is 0 Å². The molecule has 0 aliphatic heterocycles. The first-order valence-corrected chi connectivity index (χ1v) is 10.8. The smallest absolute Gasteiger partial charge is 0.333 e. The SMILES string of the molecule is COC(=O)C1=CC[C@@H]2[C@@H]3CC[C@H]4C[C@H](OC(C)=O)CC[C@]4(C)[C@@H]3CC[C@@]12C. The fourth-order valence-electron chi connectivity index (χ4n) is 7.55. The number of hydrogen-bond acceptors (Lipinski definition) is 4. The summed E-state index contributed by atoms with van der Waals surface area (Å²) in [7, 11) is 1.50. The van der Waals surface area contributed by atoms with Crippen molar-refractivity contribution in [2.24, 2.45) is 34.5 Å². The highest BCUT2D eigenvalue weighted by Crippen LogP contribution is 2.66. The summed E-state index contributed by atoms with van der Waals surface area (Å²) in [4.78, 5) is 23.7. The van der Waals surface area contributed by atoms with Crippen molar-refractivity contribution in [2.75, 3.05) is 7.11 Å². The molecule has 7 atom stereocenters. The van der Waals surface area contributed by atoms with Crippen molar-refractivity contribution in [1.82, 2.24) is 0 Å². The van der Waals surface area contributed by atoms with Crippen LogP contribution in [0.1, 0.15) is 72.1 Å². The quantitative estimate of drug-likeness (QED) is 0.659. The van der Waals surface area contributed by atoms with Crippen LogP contribution in [0.15, 0.2) is 11.6 Å². The molecule has 0 saturated heterocycles. The third-order valence-corrected chi connectivity index (χ3v) is 8.94. The molecule has 4 rings (SSSR count). The first kappa shape index (κ1) is 19.0. The average molecular weight is 375 g/mol. The standard InChI is InChI=1S/C23H34O4/c1-14(24)27-16-9-11-22(2)15(13-16)5-6-17-18-7-8-20(21(25)26-4)23(18,3)12-10-19(17)22/h8,15-19H,5-7,9-13H2,1-4H3/t15-,16+,17-,18+,19+,22-,23+/m0/s1. The van der Waals surface area contributed by atoms with E-state index in [0.717, 1.165) is 43.6 Å². The van der Waals surface area contributed by atoms with Gasteiger partial charge in [-0.05, 0) is 80.5 Å². The number of allylic oxidation sites excluding steroid dienone is 1. The van der Waals surface area contributed by atoms with Gasteiger partial charge in [-0.1, -0.05) is 19.9 Å². The first-order valence-electron chi connectivity index (χ1n) is 10.8. The third kappa shape index (κ3) is 2.86. The largest absolute Gasteiger partial charge is 0.466 e. The number of rotatable bonds is 2. The first-order chi connectivity index (χ1) is 12.8. The molecule has 0 unspecified atom stereocenters. The van der Waals surface area contributed by atoms with Crippen LogP contribution in [-0.4, -0.2) is 25.2 Å². The zero-order chi connectivity index (χ0) is 19.4. The summed E-state index contributed by atoms with van der Waals surface area (Å²) >= 11 is 0. The Labute approximate surface area is 163 Å². The Balaban J connectivity index is 1.53. The van der Waals surface area contributed by atoms with Gasteiger partial charge in [0.1, 0.15) is 6.10 Å². The summed E-state index contributed by atoms with van der Waals surface area (Å²) in [6.45, 7) is 6.33. The molecule has 0 aromatic rings. The van der Waals surface area contributed by atoms with E-state index in [0.29, 0.717) is 23.2 Å². The van der Waals surface area contributed by atoms with E-state index in [1.807, 2.05) is 0 Å². The molecular weight excluding hydrogens is 340 g/mol. The van der Waals surface area contributed by atoms with Gasteiger partial charge < -0.3 is 9.47 Å². The van der Waals surface area contributed by atoms with Gasteiger partial charge in [-0.15, -0.1) is 0 Å². The Morgan fingerprint density at radius 3 is 2.56 bits per heavy atom. The van der Waals surface area contributed by atoms with Crippen LogP contribution < -0.4 is 0 Å². The number of esters is 2.